The van der Waals surface area contributed by atoms with Crippen LogP contribution in [-0.4, -0.2) is 99.9 Å². The summed E-state index contributed by atoms with van der Waals surface area (Å²) in [4.78, 5) is 21.4. The van der Waals surface area contributed by atoms with Crippen molar-refractivity contribution in [2.75, 3.05) is 66.1 Å². The molecule has 0 aromatic rings. The summed E-state index contributed by atoms with van der Waals surface area (Å²) in [5.74, 6) is 1.10. The maximum atomic E-state index is 12.0. The van der Waals surface area contributed by atoms with Crippen molar-refractivity contribution >= 4 is 11.9 Å². The second-order valence-electron chi connectivity index (χ2n) is 8.37. The van der Waals surface area contributed by atoms with Crippen LogP contribution in [0.4, 0.5) is 0 Å². The highest BCUT2D eigenvalue weighted by atomic mass is 16.5. The zero-order valence-corrected chi connectivity index (χ0v) is 18.4. The van der Waals surface area contributed by atoms with Gasteiger partial charge in [-0.05, 0) is 33.1 Å². The van der Waals surface area contributed by atoms with Crippen LogP contribution < -0.4 is 10.6 Å². The van der Waals surface area contributed by atoms with Crippen LogP contribution in [0.1, 0.15) is 39.5 Å². The molecule has 1 aliphatic heterocycles. The predicted octanol–water partition coefficient (Wildman–Crippen LogP) is 0.680. The van der Waals surface area contributed by atoms with Crippen LogP contribution in [0.3, 0.4) is 0 Å². The Bertz CT molecular complexity index is 559. The molecule has 29 heavy (non-hydrogen) atoms. The van der Waals surface area contributed by atoms with E-state index in [0.717, 1.165) is 51.7 Å². The van der Waals surface area contributed by atoms with Crippen LogP contribution >= 0.6 is 0 Å². The number of nitrogens with zero attached hydrogens (tertiary/aromatic N) is 3. The van der Waals surface area contributed by atoms with E-state index in [9.17, 15) is 4.79 Å². The summed E-state index contributed by atoms with van der Waals surface area (Å²) in [5.41, 5.74) is 0.326. The van der Waals surface area contributed by atoms with Crippen LogP contribution in [0.15, 0.2) is 4.99 Å². The summed E-state index contributed by atoms with van der Waals surface area (Å²) in [6.07, 6.45) is 5.34. The van der Waals surface area contributed by atoms with Crippen molar-refractivity contribution in [1.82, 2.24) is 20.4 Å². The van der Waals surface area contributed by atoms with E-state index in [2.05, 4.69) is 34.3 Å². The number of guanidine groups is 1. The molecule has 1 heterocycles. The van der Waals surface area contributed by atoms with Gasteiger partial charge in [-0.15, -0.1) is 0 Å². The Kier molecular flexibility index (Phi) is 8.15. The first-order valence-electron chi connectivity index (χ1n) is 11.3. The van der Waals surface area contributed by atoms with Crippen molar-refractivity contribution in [2.45, 2.75) is 51.7 Å². The first kappa shape index (κ1) is 22.3. The van der Waals surface area contributed by atoms with Gasteiger partial charge in [0.25, 0.3) is 0 Å². The molecule has 1 amide bonds. The molecule has 0 radical (unpaired) electrons. The Balaban J connectivity index is 1.46. The maximum absolute atomic E-state index is 12.0. The number of ether oxygens (including phenoxy) is 2. The van der Waals surface area contributed by atoms with Gasteiger partial charge in [0.05, 0.1) is 19.3 Å². The van der Waals surface area contributed by atoms with Gasteiger partial charge in [0, 0.05) is 64.4 Å². The van der Waals surface area contributed by atoms with Gasteiger partial charge < -0.3 is 25.0 Å². The maximum Gasteiger partial charge on any atom is 0.234 e. The van der Waals surface area contributed by atoms with E-state index in [1.165, 1.54) is 19.3 Å². The second-order valence-corrected chi connectivity index (χ2v) is 8.37. The highest BCUT2D eigenvalue weighted by Gasteiger charge is 2.59. The first-order valence-corrected chi connectivity index (χ1v) is 11.3. The molecule has 3 rings (SSSR count). The number of carbonyl (C=O) groups is 1. The number of rotatable bonds is 9. The van der Waals surface area contributed by atoms with Crippen molar-refractivity contribution in [3.05, 3.63) is 0 Å². The van der Waals surface area contributed by atoms with Crippen molar-refractivity contribution in [3.63, 3.8) is 0 Å². The average Bonchev–Trinajstić information content (AvgIpc) is 2.66. The number of carbonyl (C=O) groups excluding carboxylic acids is 1. The van der Waals surface area contributed by atoms with Gasteiger partial charge in [0.15, 0.2) is 5.96 Å². The first-order chi connectivity index (χ1) is 14.1. The summed E-state index contributed by atoms with van der Waals surface area (Å²) < 4.78 is 11.0. The molecule has 3 fully saturated rings. The van der Waals surface area contributed by atoms with E-state index in [0.29, 0.717) is 37.3 Å². The largest absolute Gasteiger partial charge is 0.383 e. The number of amides is 1. The summed E-state index contributed by atoms with van der Waals surface area (Å²) in [5, 5.41) is 6.68. The fourth-order valence-electron chi connectivity index (χ4n) is 4.85. The van der Waals surface area contributed by atoms with Crippen molar-refractivity contribution in [1.29, 1.82) is 0 Å². The topological polar surface area (TPSA) is 78.4 Å². The lowest BCUT2D eigenvalue weighted by Gasteiger charge is -2.61. The number of piperazine rings is 1. The number of nitrogens with one attached hydrogen (secondary N) is 2. The third-order valence-electron chi connectivity index (χ3n) is 6.72. The average molecular weight is 410 g/mol. The molecule has 1 spiro atoms. The Morgan fingerprint density at radius 3 is 2.55 bits per heavy atom. The lowest BCUT2D eigenvalue weighted by atomic mass is 9.51. The summed E-state index contributed by atoms with van der Waals surface area (Å²) in [6, 6.07) is 0.475. The second kappa shape index (κ2) is 10.6. The Labute approximate surface area is 175 Å². The molecular weight excluding hydrogens is 370 g/mol. The van der Waals surface area contributed by atoms with Crippen LogP contribution in [-0.2, 0) is 14.3 Å². The molecular formula is C21H39N5O3. The minimum absolute atomic E-state index is 0.0689. The van der Waals surface area contributed by atoms with E-state index in [4.69, 9.17) is 14.5 Å². The quantitative estimate of drug-likeness (QED) is 0.331. The van der Waals surface area contributed by atoms with E-state index in [-0.39, 0.29) is 5.91 Å². The molecule has 2 saturated carbocycles. The van der Waals surface area contributed by atoms with Gasteiger partial charge in [-0.2, -0.15) is 0 Å². The highest BCUT2D eigenvalue weighted by molar-refractivity contribution is 5.81. The fraction of sp³-hybridized carbons (Fsp3) is 0.905. The van der Waals surface area contributed by atoms with Gasteiger partial charge in [-0.1, -0.05) is 6.42 Å². The number of hydrogen-bond donors (Lipinski definition) is 2. The monoisotopic (exact) mass is 409 g/mol. The Morgan fingerprint density at radius 1 is 1.21 bits per heavy atom. The van der Waals surface area contributed by atoms with Gasteiger partial charge >= 0.3 is 0 Å². The molecule has 0 aromatic carbocycles. The molecule has 2 aliphatic carbocycles. The summed E-state index contributed by atoms with van der Waals surface area (Å²) in [6.45, 7) is 10.9. The molecule has 0 aromatic heterocycles. The zero-order chi connectivity index (χ0) is 20.7. The highest BCUT2D eigenvalue weighted by Crippen LogP contribution is 2.57. The lowest BCUT2D eigenvalue weighted by Crippen LogP contribution is -2.69. The van der Waals surface area contributed by atoms with Gasteiger partial charge in [0.1, 0.15) is 0 Å². The number of methoxy groups -OCH3 is 1. The molecule has 2 atom stereocenters. The normalized spacial score (nSPS) is 26.7. The minimum atomic E-state index is 0.0689. The standard InChI is InChI=1S/C21H39N5O3/c1-4-22-20(24-17-15-18(29-5-2)21(17)7-6-8-21)26-12-10-25(11-13-26)16-19(27)23-9-14-28-3/h17-18H,4-16H2,1-3H3,(H,22,24)(H,23,27). The van der Waals surface area contributed by atoms with Crippen molar-refractivity contribution in [2.24, 2.45) is 10.4 Å². The van der Waals surface area contributed by atoms with Crippen LogP contribution in [0, 0.1) is 5.41 Å². The zero-order valence-electron chi connectivity index (χ0n) is 18.4. The van der Waals surface area contributed by atoms with E-state index in [1.807, 2.05) is 0 Å². The molecule has 0 bridgehead atoms. The molecule has 8 nitrogen and oxygen atoms in total. The third kappa shape index (κ3) is 5.22. The Morgan fingerprint density at radius 2 is 1.97 bits per heavy atom. The molecule has 166 valence electrons. The third-order valence-corrected chi connectivity index (χ3v) is 6.72. The van der Waals surface area contributed by atoms with E-state index in [1.54, 1.807) is 7.11 Å². The van der Waals surface area contributed by atoms with Crippen LogP contribution in [0.25, 0.3) is 0 Å². The van der Waals surface area contributed by atoms with E-state index >= 15 is 0 Å². The van der Waals surface area contributed by atoms with Crippen molar-refractivity contribution in [3.8, 4) is 0 Å². The van der Waals surface area contributed by atoms with Crippen molar-refractivity contribution < 1.29 is 14.3 Å². The summed E-state index contributed by atoms with van der Waals surface area (Å²) in [7, 11) is 1.64. The van der Waals surface area contributed by atoms with Crippen LogP contribution in [0.5, 0.6) is 0 Å². The summed E-state index contributed by atoms with van der Waals surface area (Å²) >= 11 is 0. The number of hydrogen-bond acceptors (Lipinski definition) is 5. The van der Waals surface area contributed by atoms with Gasteiger partial charge in [0.2, 0.25) is 5.91 Å². The predicted molar refractivity (Wildman–Crippen MR) is 114 cm³/mol. The van der Waals surface area contributed by atoms with E-state index < -0.39 is 0 Å². The lowest BCUT2D eigenvalue weighted by molar-refractivity contribution is -0.169. The van der Waals surface area contributed by atoms with Gasteiger partial charge in [-0.25, -0.2) is 0 Å². The van der Waals surface area contributed by atoms with Crippen LogP contribution in [0.2, 0.25) is 0 Å². The molecule has 2 unspecified atom stereocenters. The molecule has 3 aliphatic rings. The molecule has 2 N–H and O–H groups in total. The SMILES string of the molecule is CCN=C(NC1CC(OCC)C12CCC2)N1CCN(CC(=O)NCCOC)CC1. The smallest absolute Gasteiger partial charge is 0.234 e. The fourth-order valence-corrected chi connectivity index (χ4v) is 4.85. The molecule has 1 saturated heterocycles. The minimum Gasteiger partial charge on any atom is -0.383 e. The molecule has 8 heteroatoms. The Hall–Kier alpha value is -1.38. The van der Waals surface area contributed by atoms with Gasteiger partial charge in [-0.3, -0.25) is 14.7 Å². The number of aliphatic imine (C=N–C) groups is 1.